The van der Waals surface area contributed by atoms with E-state index in [0.29, 0.717) is 11.4 Å². The molecule has 0 unspecified atom stereocenters. The quantitative estimate of drug-likeness (QED) is 0.882. The summed E-state index contributed by atoms with van der Waals surface area (Å²) in [6, 6.07) is 3.50. The molecule has 0 amide bonds. The van der Waals surface area contributed by atoms with Gasteiger partial charge in [-0.15, -0.1) is 0 Å². The molecule has 0 saturated heterocycles. The monoisotopic (exact) mass is 245 g/mol. The van der Waals surface area contributed by atoms with Gasteiger partial charge in [-0.1, -0.05) is 19.3 Å². The van der Waals surface area contributed by atoms with Crippen LogP contribution in [0.15, 0.2) is 18.3 Å². The van der Waals surface area contributed by atoms with Crippen LogP contribution in [0.5, 0.6) is 0 Å². The minimum absolute atomic E-state index is 0.115. The Morgan fingerprint density at radius 2 is 2.11 bits per heavy atom. The summed E-state index contributed by atoms with van der Waals surface area (Å²) in [5, 5.41) is 13.4. The van der Waals surface area contributed by atoms with Gasteiger partial charge in [0, 0.05) is 12.1 Å². The smallest absolute Gasteiger partial charge is 0.356 e. The lowest BCUT2D eigenvalue weighted by atomic mass is 9.89. The predicted molar refractivity (Wildman–Crippen MR) is 65.8 cm³/mol. The second-order valence-electron chi connectivity index (χ2n) is 4.78. The Kier molecular flexibility index (Phi) is 2.74. The van der Waals surface area contributed by atoms with E-state index in [0.717, 1.165) is 18.7 Å². The molecule has 2 heterocycles. The zero-order chi connectivity index (χ0) is 12.5. The molecule has 0 bridgehead atoms. The van der Waals surface area contributed by atoms with Crippen LogP contribution in [0.25, 0.3) is 5.52 Å². The SMILES string of the molecule is O=C(O)c1nc(C2CCCCC2)n2ncccc12. The van der Waals surface area contributed by atoms with Crippen molar-refractivity contribution in [3.8, 4) is 0 Å². The van der Waals surface area contributed by atoms with E-state index >= 15 is 0 Å². The van der Waals surface area contributed by atoms with Crippen molar-refractivity contribution < 1.29 is 9.90 Å². The Hall–Kier alpha value is -1.91. The maximum absolute atomic E-state index is 11.2. The van der Waals surface area contributed by atoms with Crippen LogP contribution in [-0.4, -0.2) is 25.7 Å². The van der Waals surface area contributed by atoms with E-state index in [1.807, 2.05) is 0 Å². The van der Waals surface area contributed by atoms with Gasteiger partial charge in [-0.3, -0.25) is 0 Å². The number of aromatic nitrogens is 3. The van der Waals surface area contributed by atoms with Gasteiger partial charge >= 0.3 is 5.97 Å². The third kappa shape index (κ3) is 1.75. The molecule has 3 rings (SSSR count). The predicted octanol–water partition coefficient (Wildman–Crippen LogP) is 2.48. The van der Waals surface area contributed by atoms with Crippen LogP contribution >= 0.6 is 0 Å². The summed E-state index contributed by atoms with van der Waals surface area (Å²) in [5.41, 5.74) is 0.703. The van der Waals surface area contributed by atoms with Crippen LogP contribution in [0, 0.1) is 0 Å². The molecule has 18 heavy (non-hydrogen) atoms. The number of carboxylic acid groups (broad SMARTS) is 1. The van der Waals surface area contributed by atoms with Crippen molar-refractivity contribution in [3.63, 3.8) is 0 Å². The van der Waals surface area contributed by atoms with Gasteiger partial charge in [0.05, 0.1) is 5.52 Å². The third-order valence-electron chi connectivity index (χ3n) is 3.61. The van der Waals surface area contributed by atoms with E-state index in [1.54, 1.807) is 22.8 Å². The molecular weight excluding hydrogens is 230 g/mol. The van der Waals surface area contributed by atoms with Crippen molar-refractivity contribution in [1.82, 2.24) is 14.6 Å². The topological polar surface area (TPSA) is 67.5 Å². The fourth-order valence-electron chi connectivity index (χ4n) is 2.74. The maximum Gasteiger partial charge on any atom is 0.356 e. The Labute approximate surface area is 104 Å². The summed E-state index contributed by atoms with van der Waals surface area (Å²) in [4.78, 5) is 15.5. The first-order valence-corrected chi connectivity index (χ1v) is 6.34. The first-order chi connectivity index (χ1) is 8.77. The molecule has 2 aromatic rings. The van der Waals surface area contributed by atoms with Gasteiger partial charge < -0.3 is 5.11 Å². The standard InChI is InChI=1S/C13H15N3O2/c17-13(18)11-10-7-4-8-14-16(10)12(15-11)9-5-2-1-3-6-9/h4,7-9H,1-3,5-6H2,(H,17,18). The number of hydrogen-bond donors (Lipinski definition) is 1. The van der Waals surface area contributed by atoms with Crippen molar-refractivity contribution in [2.24, 2.45) is 0 Å². The number of nitrogens with zero attached hydrogens (tertiary/aromatic N) is 3. The number of carbonyl (C=O) groups is 1. The summed E-state index contributed by atoms with van der Waals surface area (Å²) in [7, 11) is 0. The highest BCUT2D eigenvalue weighted by Crippen LogP contribution is 2.32. The number of aromatic carboxylic acids is 1. The molecule has 1 aliphatic rings. The lowest BCUT2D eigenvalue weighted by molar-refractivity contribution is 0.0693. The van der Waals surface area contributed by atoms with Crippen LogP contribution in [0.1, 0.15) is 54.3 Å². The molecule has 0 spiro atoms. The van der Waals surface area contributed by atoms with Crippen LogP contribution in [0.2, 0.25) is 0 Å². The molecule has 1 N–H and O–H groups in total. The van der Waals surface area contributed by atoms with Crippen molar-refractivity contribution in [1.29, 1.82) is 0 Å². The number of hydrogen-bond acceptors (Lipinski definition) is 3. The van der Waals surface area contributed by atoms with Gasteiger partial charge in [-0.2, -0.15) is 5.10 Å². The molecule has 2 aromatic heterocycles. The first-order valence-electron chi connectivity index (χ1n) is 6.34. The zero-order valence-corrected chi connectivity index (χ0v) is 10.0. The van der Waals surface area contributed by atoms with E-state index in [4.69, 9.17) is 0 Å². The summed E-state index contributed by atoms with van der Waals surface area (Å²) in [6.07, 6.45) is 7.47. The van der Waals surface area contributed by atoms with Crippen molar-refractivity contribution in [3.05, 3.63) is 29.8 Å². The van der Waals surface area contributed by atoms with E-state index in [9.17, 15) is 9.90 Å². The second kappa shape index (κ2) is 4.40. The van der Waals surface area contributed by atoms with Gasteiger partial charge in [0.1, 0.15) is 5.82 Å². The molecule has 0 aliphatic heterocycles. The maximum atomic E-state index is 11.2. The fourth-order valence-corrected chi connectivity index (χ4v) is 2.74. The van der Waals surface area contributed by atoms with Crippen LogP contribution in [0.4, 0.5) is 0 Å². The Morgan fingerprint density at radius 1 is 1.33 bits per heavy atom. The fraction of sp³-hybridized carbons (Fsp3) is 0.462. The molecule has 5 heteroatoms. The lowest BCUT2D eigenvalue weighted by Gasteiger charge is -2.19. The van der Waals surface area contributed by atoms with E-state index in [1.165, 1.54) is 19.3 Å². The third-order valence-corrected chi connectivity index (χ3v) is 3.61. The van der Waals surface area contributed by atoms with Gasteiger partial charge in [0.15, 0.2) is 5.69 Å². The zero-order valence-electron chi connectivity index (χ0n) is 10.0. The Bertz CT molecular complexity index is 585. The van der Waals surface area contributed by atoms with E-state index in [-0.39, 0.29) is 5.69 Å². The molecule has 0 atom stereocenters. The molecule has 0 aromatic carbocycles. The summed E-state index contributed by atoms with van der Waals surface area (Å²) < 4.78 is 1.69. The van der Waals surface area contributed by atoms with Crippen molar-refractivity contribution in [2.45, 2.75) is 38.0 Å². The Morgan fingerprint density at radius 3 is 2.83 bits per heavy atom. The first kappa shape index (κ1) is 11.2. The van der Waals surface area contributed by atoms with Gasteiger partial charge in [-0.25, -0.2) is 14.3 Å². The number of fused-ring (bicyclic) bond motifs is 1. The molecule has 94 valence electrons. The molecule has 0 radical (unpaired) electrons. The average molecular weight is 245 g/mol. The largest absolute Gasteiger partial charge is 0.476 e. The number of rotatable bonds is 2. The van der Waals surface area contributed by atoms with Crippen molar-refractivity contribution in [2.75, 3.05) is 0 Å². The highest BCUT2D eigenvalue weighted by molar-refractivity contribution is 5.93. The van der Waals surface area contributed by atoms with Crippen LogP contribution in [-0.2, 0) is 0 Å². The van der Waals surface area contributed by atoms with Crippen LogP contribution < -0.4 is 0 Å². The number of imidazole rings is 1. The molecule has 5 nitrogen and oxygen atoms in total. The summed E-state index contributed by atoms with van der Waals surface area (Å²) in [5.74, 6) is 0.166. The van der Waals surface area contributed by atoms with Gasteiger partial charge in [0.2, 0.25) is 0 Å². The van der Waals surface area contributed by atoms with E-state index in [2.05, 4.69) is 10.1 Å². The summed E-state index contributed by atoms with van der Waals surface area (Å²) in [6.45, 7) is 0. The van der Waals surface area contributed by atoms with Crippen LogP contribution in [0.3, 0.4) is 0 Å². The summed E-state index contributed by atoms with van der Waals surface area (Å²) >= 11 is 0. The highest BCUT2D eigenvalue weighted by atomic mass is 16.4. The van der Waals surface area contributed by atoms with Gasteiger partial charge in [0.25, 0.3) is 0 Å². The number of carboxylic acids is 1. The van der Waals surface area contributed by atoms with Crippen molar-refractivity contribution >= 4 is 11.5 Å². The molecule has 1 saturated carbocycles. The molecule has 1 aliphatic carbocycles. The lowest BCUT2D eigenvalue weighted by Crippen LogP contribution is -2.09. The minimum Gasteiger partial charge on any atom is -0.476 e. The van der Waals surface area contributed by atoms with E-state index < -0.39 is 5.97 Å². The normalized spacial score (nSPS) is 17.1. The molecular formula is C13H15N3O2. The Balaban J connectivity index is 2.13. The highest BCUT2D eigenvalue weighted by Gasteiger charge is 2.24. The average Bonchev–Trinajstić information content (AvgIpc) is 2.79. The molecule has 1 fully saturated rings. The minimum atomic E-state index is -0.984. The van der Waals surface area contributed by atoms with Gasteiger partial charge in [-0.05, 0) is 25.0 Å². The second-order valence-corrected chi connectivity index (χ2v) is 4.78.